The number of aliphatic hydroxyl groups is 4. The molecule has 7 atom stereocenters. The van der Waals surface area contributed by atoms with Crippen molar-refractivity contribution in [2.75, 3.05) is 6.61 Å². The molecule has 0 aromatic heterocycles. The molecule has 0 saturated carbocycles. The van der Waals surface area contributed by atoms with Crippen LogP contribution in [-0.2, 0) is 19.1 Å². The average Bonchev–Trinajstić information content (AvgIpc) is 2.52. The molecule has 0 aromatic rings. The van der Waals surface area contributed by atoms with Gasteiger partial charge in [-0.2, -0.15) is 0 Å². The van der Waals surface area contributed by atoms with Gasteiger partial charge in [-0.05, 0) is 5.92 Å². The Bertz CT molecular complexity index is 411. The molecule has 9 heteroatoms. The van der Waals surface area contributed by atoms with Gasteiger partial charge in [0.25, 0.3) is 0 Å². The van der Waals surface area contributed by atoms with Crippen molar-refractivity contribution in [1.82, 2.24) is 0 Å². The molecule has 134 valence electrons. The molecule has 1 aliphatic rings. The molecule has 0 amide bonds. The lowest BCUT2D eigenvalue weighted by Gasteiger charge is -2.39. The number of carbonyl (C=O) groups excluding carboxylic acids is 1. The largest absolute Gasteiger partial charge is 0.481 e. The summed E-state index contributed by atoms with van der Waals surface area (Å²) in [4.78, 5) is 23.1. The molecule has 1 fully saturated rings. The lowest BCUT2D eigenvalue weighted by molar-refractivity contribution is -0.292. The Morgan fingerprint density at radius 1 is 1.17 bits per heavy atom. The van der Waals surface area contributed by atoms with Gasteiger partial charge in [0, 0.05) is 0 Å². The smallest absolute Gasteiger partial charge is 0.309 e. The Morgan fingerprint density at radius 3 is 2.26 bits per heavy atom. The fraction of sp³-hybridized carbons (Fsp3) is 0.857. The van der Waals surface area contributed by atoms with Gasteiger partial charge in [-0.3, -0.25) is 9.59 Å². The molecule has 0 radical (unpaired) electrons. The maximum absolute atomic E-state index is 11.9. The topological polar surface area (TPSA) is 154 Å². The molecule has 9 nitrogen and oxygen atoms in total. The Balaban J connectivity index is 2.70. The molecule has 1 heterocycles. The normalized spacial score (nSPS) is 33.7. The molecule has 0 spiro atoms. The maximum atomic E-state index is 11.9. The average molecular weight is 336 g/mol. The zero-order valence-electron chi connectivity index (χ0n) is 13.0. The van der Waals surface area contributed by atoms with Crippen LogP contribution in [-0.4, -0.2) is 74.8 Å². The van der Waals surface area contributed by atoms with Gasteiger partial charge >= 0.3 is 11.9 Å². The number of hydrogen-bond acceptors (Lipinski definition) is 8. The minimum absolute atomic E-state index is 0.255. The fourth-order valence-corrected chi connectivity index (χ4v) is 2.34. The van der Waals surface area contributed by atoms with E-state index in [2.05, 4.69) is 0 Å². The first-order chi connectivity index (χ1) is 10.7. The number of carbonyl (C=O) groups is 2. The second-order valence-corrected chi connectivity index (χ2v) is 5.72. The van der Waals surface area contributed by atoms with Crippen LogP contribution in [0.2, 0.25) is 0 Å². The number of rotatable bonds is 7. The number of carboxylic acids is 1. The van der Waals surface area contributed by atoms with E-state index in [1.165, 1.54) is 0 Å². The number of ether oxygens (including phenoxy) is 2. The summed E-state index contributed by atoms with van der Waals surface area (Å²) in [5.41, 5.74) is 0. The molecular formula is C14H24O9. The van der Waals surface area contributed by atoms with E-state index < -0.39 is 61.6 Å². The maximum Gasteiger partial charge on any atom is 0.309 e. The molecule has 0 bridgehead atoms. The van der Waals surface area contributed by atoms with E-state index in [4.69, 9.17) is 19.7 Å². The summed E-state index contributed by atoms with van der Waals surface area (Å²) in [6.07, 6.45) is -7.58. The van der Waals surface area contributed by atoms with Gasteiger partial charge in [0.05, 0.1) is 18.9 Å². The molecule has 0 aromatic carbocycles. The fourth-order valence-electron chi connectivity index (χ4n) is 2.34. The van der Waals surface area contributed by atoms with Crippen LogP contribution in [0, 0.1) is 11.8 Å². The monoisotopic (exact) mass is 336 g/mol. The molecule has 2 unspecified atom stereocenters. The minimum Gasteiger partial charge on any atom is -0.481 e. The predicted octanol–water partition coefficient (Wildman–Crippen LogP) is -1.53. The van der Waals surface area contributed by atoms with Crippen LogP contribution in [0.25, 0.3) is 0 Å². The number of aliphatic carboxylic acids is 1. The number of esters is 1. The molecule has 1 rings (SSSR count). The first-order valence-electron chi connectivity index (χ1n) is 7.45. The van der Waals surface area contributed by atoms with Crippen LogP contribution in [0.5, 0.6) is 0 Å². The van der Waals surface area contributed by atoms with Crippen molar-refractivity contribution in [2.45, 2.75) is 57.4 Å². The van der Waals surface area contributed by atoms with Gasteiger partial charge in [0.15, 0.2) is 0 Å². The second-order valence-electron chi connectivity index (χ2n) is 5.72. The van der Waals surface area contributed by atoms with Crippen LogP contribution < -0.4 is 0 Å². The summed E-state index contributed by atoms with van der Waals surface area (Å²) in [6, 6.07) is 0. The van der Waals surface area contributed by atoms with Crippen molar-refractivity contribution < 1.29 is 44.6 Å². The van der Waals surface area contributed by atoms with Crippen molar-refractivity contribution in [3.05, 3.63) is 0 Å². The van der Waals surface area contributed by atoms with Gasteiger partial charge in [-0.1, -0.05) is 20.3 Å². The quantitative estimate of drug-likeness (QED) is 0.348. The zero-order valence-corrected chi connectivity index (χ0v) is 13.0. The first-order valence-corrected chi connectivity index (χ1v) is 7.45. The third kappa shape index (κ3) is 4.85. The van der Waals surface area contributed by atoms with Crippen molar-refractivity contribution in [3.8, 4) is 0 Å². The summed E-state index contributed by atoms with van der Waals surface area (Å²) < 4.78 is 9.90. The standard InChI is InChI=1S/C14H24O9/c1-3-6(2)7(13(20)21)4-9(16)23-14-12(19)11(18)10(17)8(5-15)22-14/h6-8,10-12,14-15,17-19H,3-5H2,1-2H3,(H,20,21)/t6?,7-,8+,10+,11-,12+,14?/m0/s1. The third-order valence-corrected chi connectivity index (χ3v) is 4.13. The van der Waals surface area contributed by atoms with E-state index in [0.29, 0.717) is 6.42 Å². The van der Waals surface area contributed by atoms with E-state index in [1.54, 1.807) is 13.8 Å². The molecule has 0 aliphatic carbocycles. The van der Waals surface area contributed by atoms with Gasteiger partial charge in [0.1, 0.15) is 24.4 Å². The zero-order chi connectivity index (χ0) is 17.7. The Kier molecular flexibility index (Phi) is 7.36. The van der Waals surface area contributed by atoms with Crippen LogP contribution in [0.15, 0.2) is 0 Å². The lowest BCUT2D eigenvalue weighted by Crippen LogP contribution is -2.59. The highest BCUT2D eigenvalue weighted by Gasteiger charge is 2.45. The minimum atomic E-state index is -1.70. The predicted molar refractivity (Wildman–Crippen MR) is 75.1 cm³/mol. The van der Waals surface area contributed by atoms with Crippen LogP contribution >= 0.6 is 0 Å². The van der Waals surface area contributed by atoms with Crippen molar-refractivity contribution >= 4 is 11.9 Å². The van der Waals surface area contributed by atoms with Gasteiger partial charge in [-0.15, -0.1) is 0 Å². The number of hydrogen-bond donors (Lipinski definition) is 5. The highest BCUT2D eigenvalue weighted by Crippen LogP contribution is 2.24. The van der Waals surface area contributed by atoms with Gasteiger partial charge in [0.2, 0.25) is 6.29 Å². The van der Waals surface area contributed by atoms with E-state index in [1.807, 2.05) is 0 Å². The van der Waals surface area contributed by atoms with E-state index in [-0.39, 0.29) is 5.92 Å². The first kappa shape index (κ1) is 19.8. The van der Waals surface area contributed by atoms with Gasteiger partial charge in [-0.25, -0.2) is 0 Å². The summed E-state index contributed by atoms with van der Waals surface area (Å²) in [5, 5.41) is 47.2. The van der Waals surface area contributed by atoms with Crippen molar-refractivity contribution in [3.63, 3.8) is 0 Å². The van der Waals surface area contributed by atoms with E-state index >= 15 is 0 Å². The Labute approximate surface area is 133 Å². The second kappa shape index (κ2) is 8.55. The molecular weight excluding hydrogens is 312 g/mol. The molecule has 23 heavy (non-hydrogen) atoms. The summed E-state index contributed by atoms with van der Waals surface area (Å²) in [6.45, 7) is 2.84. The summed E-state index contributed by atoms with van der Waals surface area (Å²) in [7, 11) is 0. The van der Waals surface area contributed by atoms with Crippen molar-refractivity contribution in [2.24, 2.45) is 11.8 Å². The number of carboxylic acid groups (broad SMARTS) is 1. The molecule has 5 N–H and O–H groups in total. The van der Waals surface area contributed by atoms with Crippen LogP contribution in [0.4, 0.5) is 0 Å². The van der Waals surface area contributed by atoms with Gasteiger partial charge < -0.3 is 35.0 Å². The summed E-state index contributed by atoms with van der Waals surface area (Å²) in [5.74, 6) is -3.25. The lowest BCUT2D eigenvalue weighted by atomic mass is 9.89. The SMILES string of the molecule is CCC(C)[C@H](CC(=O)OC1O[C@H](CO)[C@@H](O)[C@H](O)[C@H]1O)C(=O)O. The molecule has 1 saturated heterocycles. The highest BCUT2D eigenvalue weighted by atomic mass is 16.7. The van der Waals surface area contributed by atoms with E-state index in [0.717, 1.165) is 0 Å². The molecule has 1 aliphatic heterocycles. The highest BCUT2D eigenvalue weighted by molar-refractivity contribution is 5.79. The van der Waals surface area contributed by atoms with Crippen LogP contribution in [0.3, 0.4) is 0 Å². The third-order valence-electron chi connectivity index (χ3n) is 4.13. The van der Waals surface area contributed by atoms with E-state index in [9.17, 15) is 24.9 Å². The Hall–Kier alpha value is -1.26. The number of aliphatic hydroxyl groups excluding tert-OH is 4. The Morgan fingerprint density at radius 2 is 1.78 bits per heavy atom. The van der Waals surface area contributed by atoms with Crippen molar-refractivity contribution in [1.29, 1.82) is 0 Å². The van der Waals surface area contributed by atoms with Crippen LogP contribution in [0.1, 0.15) is 26.7 Å². The summed E-state index contributed by atoms with van der Waals surface area (Å²) >= 11 is 0.